The van der Waals surface area contributed by atoms with Crippen LogP contribution in [0.5, 0.6) is 0 Å². The number of piperazine rings is 1. The van der Waals surface area contributed by atoms with Gasteiger partial charge in [-0.25, -0.2) is 9.38 Å². The molecule has 2 aromatic heterocycles. The monoisotopic (exact) mass is 614 g/mol. The highest BCUT2D eigenvalue weighted by molar-refractivity contribution is 6.33. The molecule has 0 radical (unpaired) electrons. The molecule has 2 aromatic carbocycles. The fourth-order valence-electron chi connectivity index (χ4n) is 5.84. The number of imidazole rings is 1. The second kappa shape index (κ2) is 11.3. The Labute approximate surface area is 250 Å². The highest BCUT2D eigenvalue weighted by Crippen LogP contribution is 2.34. The van der Waals surface area contributed by atoms with E-state index in [1.165, 1.54) is 0 Å². The number of fused-ring (bicyclic) bond motifs is 2. The number of hydrogen-bond donors (Lipinski definition) is 2. The van der Waals surface area contributed by atoms with Crippen molar-refractivity contribution < 1.29 is 22.7 Å². The first kappa shape index (κ1) is 29.2. The average Bonchev–Trinajstić information content (AvgIpc) is 3.59. The van der Waals surface area contributed by atoms with Crippen molar-refractivity contribution in [3.63, 3.8) is 0 Å². The van der Waals surface area contributed by atoms with Crippen LogP contribution in [-0.2, 0) is 41.9 Å². The van der Waals surface area contributed by atoms with Gasteiger partial charge in [0.05, 0.1) is 46.6 Å². The van der Waals surface area contributed by atoms with E-state index in [0.717, 1.165) is 34.9 Å². The summed E-state index contributed by atoms with van der Waals surface area (Å²) in [6.45, 7) is 7.21. The smallest absolute Gasteiger partial charge is 0.372 e. The SMILES string of the molecule is CCc1c(N2CCNCC2)c(=O)n2c(C)c(-c3ccc4c(c3)COC4)nc2n1CC(=O)Nc1ccc(C(F)(F)F)cc1Cl. The van der Waals surface area contributed by atoms with Crippen LogP contribution in [0.2, 0.25) is 5.02 Å². The Balaban J connectivity index is 1.46. The van der Waals surface area contributed by atoms with Crippen molar-refractivity contribution in [1.82, 2.24) is 19.3 Å². The number of benzene rings is 2. The molecule has 2 aliphatic heterocycles. The summed E-state index contributed by atoms with van der Waals surface area (Å²) in [5, 5.41) is 5.71. The maximum absolute atomic E-state index is 14.2. The number of aryl methyl sites for hydroxylation is 1. The summed E-state index contributed by atoms with van der Waals surface area (Å²) in [6, 6.07) is 8.74. The van der Waals surface area contributed by atoms with E-state index in [1.54, 1.807) is 8.97 Å². The van der Waals surface area contributed by atoms with Gasteiger partial charge in [-0.15, -0.1) is 0 Å². The van der Waals surface area contributed by atoms with E-state index in [2.05, 4.69) is 10.6 Å². The Morgan fingerprint density at radius 2 is 1.86 bits per heavy atom. The van der Waals surface area contributed by atoms with Crippen molar-refractivity contribution >= 4 is 34.7 Å². The van der Waals surface area contributed by atoms with Crippen LogP contribution in [0.3, 0.4) is 0 Å². The summed E-state index contributed by atoms with van der Waals surface area (Å²) < 4.78 is 48.2. The van der Waals surface area contributed by atoms with Gasteiger partial charge in [-0.3, -0.25) is 9.59 Å². The number of nitrogens with one attached hydrogen (secondary N) is 2. The zero-order valence-corrected chi connectivity index (χ0v) is 24.4. The van der Waals surface area contributed by atoms with E-state index >= 15 is 0 Å². The molecule has 13 heteroatoms. The summed E-state index contributed by atoms with van der Waals surface area (Å²) in [5.74, 6) is -0.219. The minimum Gasteiger partial charge on any atom is -0.372 e. The topological polar surface area (TPSA) is 92.9 Å². The largest absolute Gasteiger partial charge is 0.416 e. The molecular weight excluding hydrogens is 585 g/mol. The second-order valence-corrected chi connectivity index (χ2v) is 11.1. The fraction of sp³-hybridized carbons (Fsp3) is 0.367. The van der Waals surface area contributed by atoms with Crippen molar-refractivity contribution in [3.8, 4) is 11.3 Å². The van der Waals surface area contributed by atoms with Gasteiger partial charge in [0.2, 0.25) is 11.7 Å². The van der Waals surface area contributed by atoms with Gasteiger partial charge in [-0.2, -0.15) is 13.2 Å². The Hall–Kier alpha value is -3.87. The van der Waals surface area contributed by atoms with E-state index < -0.39 is 17.6 Å². The van der Waals surface area contributed by atoms with Crippen LogP contribution in [0.25, 0.3) is 17.0 Å². The van der Waals surface area contributed by atoms with Crippen LogP contribution in [0, 0.1) is 6.92 Å². The number of nitrogens with zero attached hydrogens (tertiary/aromatic N) is 4. The van der Waals surface area contributed by atoms with Crippen molar-refractivity contribution in [2.24, 2.45) is 0 Å². The lowest BCUT2D eigenvalue weighted by atomic mass is 10.0. The van der Waals surface area contributed by atoms with Crippen molar-refractivity contribution in [1.29, 1.82) is 0 Å². The van der Waals surface area contributed by atoms with Gasteiger partial charge in [-0.1, -0.05) is 30.7 Å². The number of hydrogen-bond acceptors (Lipinski definition) is 6. The third kappa shape index (κ3) is 5.39. The summed E-state index contributed by atoms with van der Waals surface area (Å²) in [6.07, 6.45) is -4.12. The predicted octanol–water partition coefficient (Wildman–Crippen LogP) is 4.78. The molecule has 9 nitrogen and oxygen atoms in total. The molecule has 4 aromatic rings. The minimum atomic E-state index is -4.56. The van der Waals surface area contributed by atoms with E-state index in [-0.39, 0.29) is 22.8 Å². The Morgan fingerprint density at radius 3 is 2.56 bits per heavy atom. The van der Waals surface area contributed by atoms with E-state index in [0.29, 0.717) is 74.4 Å². The molecule has 43 heavy (non-hydrogen) atoms. The number of amides is 1. The van der Waals surface area contributed by atoms with Gasteiger partial charge < -0.3 is 24.8 Å². The van der Waals surface area contributed by atoms with Crippen LogP contribution in [0.4, 0.5) is 24.5 Å². The summed E-state index contributed by atoms with van der Waals surface area (Å²) in [5.41, 5.74) is 4.34. The van der Waals surface area contributed by atoms with Crippen molar-refractivity contribution in [2.75, 3.05) is 36.4 Å². The second-order valence-electron chi connectivity index (χ2n) is 10.7. The van der Waals surface area contributed by atoms with Gasteiger partial charge in [0.15, 0.2) is 0 Å². The first-order valence-corrected chi connectivity index (χ1v) is 14.4. The van der Waals surface area contributed by atoms with Crippen LogP contribution in [-0.4, -0.2) is 46.0 Å². The highest BCUT2D eigenvalue weighted by Gasteiger charge is 2.31. The van der Waals surface area contributed by atoms with Gasteiger partial charge in [-0.05, 0) is 48.7 Å². The zero-order valence-electron chi connectivity index (χ0n) is 23.6. The molecule has 1 fully saturated rings. The molecule has 0 unspecified atom stereocenters. The average molecular weight is 615 g/mol. The number of rotatable bonds is 6. The lowest BCUT2D eigenvalue weighted by Gasteiger charge is -2.31. The van der Waals surface area contributed by atoms with Gasteiger partial charge in [0.25, 0.3) is 5.56 Å². The lowest BCUT2D eigenvalue weighted by Crippen LogP contribution is -2.47. The van der Waals surface area contributed by atoms with Crippen LogP contribution < -0.4 is 21.1 Å². The van der Waals surface area contributed by atoms with Gasteiger partial charge in [0, 0.05) is 31.7 Å². The van der Waals surface area contributed by atoms with Crippen LogP contribution >= 0.6 is 11.6 Å². The standard InChI is InChI=1S/C30H30ClF3N6O3/c1-3-24-27(38-10-8-35-9-11-38)28(42)40-17(2)26(18-4-5-19-15-43-16-20(19)12-18)37-29(40)39(24)14-25(41)36-23-7-6-21(13-22(23)31)30(32,33)34/h4-7,12-13,35H,3,8-11,14-16H2,1-2H3,(H,36,41). The predicted molar refractivity (Wildman–Crippen MR) is 158 cm³/mol. The third-order valence-electron chi connectivity index (χ3n) is 7.97. The molecule has 2 aliphatic rings. The molecule has 6 rings (SSSR count). The highest BCUT2D eigenvalue weighted by atomic mass is 35.5. The molecule has 2 N–H and O–H groups in total. The van der Waals surface area contributed by atoms with Crippen molar-refractivity contribution in [3.05, 3.63) is 79.9 Å². The lowest BCUT2D eigenvalue weighted by molar-refractivity contribution is -0.137. The molecule has 0 bridgehead atoms. The number of aromatic nitrogens is 3. The maximum Gasteiger partial charge on any atom is 0.416 e. The van der Waals surface area contributed by atoms with E-state index in [9.17, 15) is 22.8 Å². The maximum atomic E-state index is 14.2. The van der Waals surface area contributed by atoms with E-state index in [4.69, 9.17) is 21.3 Å². The Kier molecular flexibility index (Phi) is 7.69. The Morgan fingerprint density at radius 1 is 1.12 bits per heavy atom. The molecule has 0 atom stereocenters. The van der Waals surface area contributed by atoms with Crippen LogP contribution in [0.1, 0.15) is 35.0 Å². The number of ether oxygens (including phenoxy) is 1. The Bertz CT molecular complexity index is 1790. The molecule has 0 aliphatic carbocycles. The molecule has 0 saturated carbocycles. The first-order chi connectivity index (χ1) is 20.6. The summed E-state index contributed by atoms with van der Waals surface area (Å²) in [7, 11) is 0. The molecule has 4 heterocycles. The van der Waals surface area contributed by atoms with Gasteiger partial charge in [0.1, 0.15) is 12.2 Å². The molecule has 1 amide bonds. The zero-order chi connectivity index (χ0) is 30.5. The molecular formula is C30H30ClF3N6O3. The number of carbonyl (C=O) groups excluding carboxylic acids is 1. The fourth-order valence-corrected chi connectivity index (χ4v) is 6.07. The van der Waals surface area contributed by atoms with Gasteiger partial charge >= 0.3 is 6.18 Å². The summed E-state index contributed by atoms with van der Waals surface area (Å²) in [4.78, 5) is 34.5. The first-order valence-electron chi connectivity index (χ1n) is 14.0. The number of halogens is 4. The number of alkyl halides is 3. The molecule has 226 valence electrons. The number of anilines is 2. The minimum absolute atomic E-state index is 0.0534. The third-order valence-corrected chi connectivity index (χ3v) is 8.28. The number of carbonyl (C=O) groups is 1. The quantitative estimate of drug-likeness (QED) is 0.325. The van der Waals surface area contributed by atoms with Crippen molar-refractivity contribution in [2.45, 2.75) is 46.2 Å². The summed E-state index contributed by atoms with van der Waals surface area (Å²) >= 11 is 6.12. The van der Waals surface area contributed by atoms with E-state index in [1.807, 2.05) is 36.9 Å². The normalized spacial score (nSPS) is 15.3. The van der Waals surface area contributed by atoms with Crippen LogP contribution in [0.15, 0.2) is 41.2 Å². The molecule has 1 saturated heterocycles. The molecule has 0 spiro atoms.